The molecule has 25 heavy (non-hydrogen) atoms. The molecule has 2 atom stereocenters. The number of nitrogens with one attached hydrogen (secondary N) is 1. The van der Waals surface area contributed by atoms with Crippen LogP contribution >= 0.6 is 12.4 Å². The van der Waals surface area contributed by atoms with E-state index in [0.29, 0.717) is 23.9 Å². The summed E-state index contributed by atoms with van der Waals surface area (Å²) in [5, 5.41) is 3.88. The van der Waals surface area contributed by atoms with Gasteiger partial charge in [-0.3, -0.25) is 0 Å². The van der Waals surface area contributed by atoms with Gasteiger partial charge in [-0.15, -0.1) is 12.4 Å². The van der Waals surface area contributed by atoms with Gasteiger partial charge in [0.05, 0.1) is 0 Å². The molecule has 1 fully saturated rings. The van der Waals surface area contributed by atoms with Crippen molar-refractivity contribution in [1.82, 2.24) is 5.32 Å². The molecule has 3 rings (SSSR count). The quantitative estimate of drug-likeness (QED) is 0.626. The molecule has 0 bridgehead atoms. The molecular formula is C23H32ClN. The Morgan fingerprint density at radius 2 is 1.04 bits per heavy atom. The number of halogens is 1. The van der Waals surface area contributed by atoms with Gasteiger partial charge in [0.2, 0.25) is 0 Å². The average Bonchev–Trinajstić information content (AvgIpc) is 2.62. The van der Waals surface area contributed by atoms with E-state index in [1.807, 2.05) is 0 Å². The molecule has 2 aromatic carbocycles. The molecule has 0 amide bonds. The van der Waals surface area contributed by atoms with Crippen molar-refractivity contribution in [1.29, 1.82) is 0 Å². The molecule has 2 aromatic rings. The van der Waals surface area contributed by atoms with E-state index in [1.54, 1.807) is 0 Å². The minimum atomic E-state index is 0. The third-order valence-corrected chi connectivity index (χ3v) is 5.40. The van der Waals surface area contributed by atoms with Gasteiger partial charge in [-0.05, 0) is 53.4 Å². The molecule has 1 N–H and O–H groups in total. The van der Waals surface area contributed by atoms with E-state index in [9.17, 15) is 0 Å². The summed E-state index contributed by atoms with van der Waals surface area (Å²) in [7, 11) is 0. The van der Waals surface area contributed by atoms with E-state index in [4.69, 9.17) is 0 Å². The molecule has 136 valence electrons. The maximum atomic E-state index is 3.88. The molecule has 2 heteroatoms. The topological polar surface area (TPSA) is 12.0 Å². The summed E-state index contributed by atoms with van der Waals surface area (Å²) < 4.78 is 0. The summed E-state index contributed by atoms with van der Waals surface area (Å²) in [6.45, 7) is 9.02. The number of rotatable bonds is 4. The third kappa shape index (κ3) is 4.86. The average molecular weight is 358 g/mol. The lowest BCUT2D eigenvalue weighted by Gasteiger charge is -2.32. The Labute approximate surface area is 159 Å². The summed E-state index contributed by atoms with van der Waals surface area (Å²) in [6.07, 6.45) is 3.77. The second-order valence-corrected chi connectivity index (χ2v) is 7.85. The van der Waals surface area contributed by atoms with Crippen molar-refractivity contribution in [3.63, 3.8) is 0 Å². The van der Waals surface area contributed by atoms with Crippen LogP contribution in [0.4, 0.5) is 0 Å². The van der Waals surface area contributed by atoms with Gasteiger partial charge in [-0.2, -0.15) is 0 Å². The molecule has 1 nitrogen and oxygen atoms in total. The first-order chi connectivity index (χ1) is 11.5. The Bertz CT molecular complexity index is 585. The highest BCUT2D eigenvalue weighted by molar-refractivity contribution is 5.85. The standard InChI is InChI=1S/C23H31N.ClH/c1-16(2)18-8-12-20(13-9-18)22-6-5-7-23(24-22)21-14-10-19(11-15-21)17(3)4;/h8-17,22-24H,5-7H2,1-4H3;1H/t22-,23+;. The second-order valence-electron chi connectivity index (χ2n) is 7.85. The largest absolute Gasteiger partial charge is 0.303 e. The second kappa shape index (κ2) is 8.87. The zero-order valence-electron chi connectivity index (χ0n) is 16.0. The SMILES string of the molecule is CC(C)c1ccc([C@@H]2CCC[C@H](c3ccc(C(C)C)cc3)N2)cc1.Cl. The van der Waals surface area contributed by atoms with E-state index < -0.39 is 0 Å². The van der Waals surface area contributed by atoms with E-state index in [1.165, 1.54) is 41.5 Å². The Kier molecular flexibility index (Phi) is 7.10. The smallest absolute Gasteiger partial charge is 0.0325 e. The monoisotopic (exact) mass is 357 g/mol. The summed E-state index contributed by atoms with van der Waals surface area (Å²) in [5.41, 5.74) is 5.72. The van der Waals surface area contributed by atoms with Crippen LogP contribution in [0.5, 0.6) is 0 Å². The number of hydrogen-bond donors (Lipinski definition) is 1. The summed E-state index contributed by atoms with van der Waals surface area (Å²) in [6, 6.07) is 19.4. The van der Waals surface area contributed by atoms with Crippen LogP contribution in [-0.4, -0.2) is 0 Å². The molecule has 1 aliphatic heterocycles. The normalized spacial score (nSPS) is 20.6. The molecule has 0 aliphatic carbocycles. The van der Waals surface area contributed by atoms with Crippen molar-refractivity contribution in [3.05, 3.63) is 70.8 Å². The molecule has 0 radical (unpaired) electrons. The predicted octanol–water partition coefficient (Wildman–Crippen LogP) is 6.91. The molecule has 0 aromatic heterocycles. The van der Waals surface area contributed by atoms with Crippen molar-refractivity contribution in [2.45, 2.75) is 70.9 Å². The zero-order valence-corrected chi connectivity index (χ0v) is 16.8. The maximum absolute atomic E-state index is 3.88. The molecule has 1 saturated heterocycles. The van der Waals surface area contributed by atoms with Crippen LogP contribution < -0.4 is 5.32 Å². The fraction of sp³-hybridized carbons (Fsp3) is 0.478. The van der Waals surface area contributed by atoms with Gasteiger partial charge in [-0.1, -0.05) is 76.2 Å². The molecule has 0 spiro atoms. The van der Waals surface area contributed by atoms with Crippen LogP contribution in [0.3, 0.4) is 0 Å². The molecule has 0 saturated carbocycles. The number of hydrogen-bond acceptors (Lipinski definition) is 1. The van der Waals surface area contributed by atoms with E-state index >= 15 is 0 Å². The lowest BCUT2D eigenvalue weighted by atomic mass is 9.88. The van der Waals surface area contributed by atoms with Gasteiger partial charge in [0, 0.05) is 12.1 Å². The van der Waals surface area contributed by atoms with Crippen molar-refractivity contribution in [2.24, 2.45) is 0 Å². The summed E-state index contributed by atoms with van der Waals surface area (Å²) in [4.78, 5) is 0. The minimum Gasteiger partial charge on any atom is -0.303 e. The fourth-order valence-corrected chi connectivity index (χ4v) is 3.69. The highest BCUT2D eigenvalue weighted by Gasteiger charge is 2.23. The van der Waals surface area contributed by atoms with Crippen LogP contribution in [-0.2, 0) is 0 Å². The van der Waals surface area contributed by atoms with Crippen LogP contribution in [0.2, 0.25) is 0 Å². The van der Waals surface area contributed by atoms with E-state index in [-0.39, 0.29) is 12.4 Å². The molecule has 1 heterocycles. The van der Waals surface area contributed by atoms with Gasteiger partial charge >= 0.3 is 0 Å². The first-order valence-electron chi connectivity index (χ1n) is 9.50. The third-order valence-electron chi connectivity index (χ3n) is 5.40. The minimum absolute atomic E-state index is 0. The van der Waals surface area contributed by atoms with Gasteiger partial charge in [-0.25, -0.2) is 0 Å². The van der Waals surface area contributed by atoms with Gasteiger partial charge in [0.1, 0.15) is 0 Å². The van der Waals surface area contributed by atoms with Crippen molar-refractivity contribution in [3.8, 4) is 0 Å². The molecular weight excluding hydrogens is 326 g/mol. The fourth-order valence-electron chi connectivity index (χ4n) is 3.69. The Morgan fingerprint density at radius 3 is 1.36 bits per heavy atom. The van der Waals surface area contributed by atoms with Crippen LogP contribution in [0.15, 0.2) is 48.5 Å². The first-order valence-corrected chi connectivity index (χ1v) is 9.50. The van der Waals surface area contributed by atoms with E-state index in [2.05, 4.69) is 81.5 Å². The molecule has 0 unspecified atom stereocenters. The maximum Gasteiger partial charge on any atom is 0.0325 e. The van der Waals surface area contributed by atoms with Crippen LogP contribution in [0, 0.1) is 0 Å². The van der Waals surface area contributed by atoms with Gasteiger partial charge < -0.3 is 5.32 Å². The Hall–Kier alpha value is -1.31. The zero-order chi connectivity index (χ0) is 17.1. The van der Waals surface area contributed by atoms with Crippen molar-refractivity contribution >= 4 is 12.4 Å². The predicted molar refractivity (Wildman–Crippen MR) is 111 cm³/mol. The van der Waals surface area contributed by atoms with Crippen LogP contribution in [0.25, 0.3) is 0 Å². The van der Waals surface area contributed by atoms with E-state index in [0.717, 1.165) is 0 Å². The molecule has 1 aliphatic rings. The lowest BCUT2D eigenvalue weighted by molar-refractivity contribution is 0.330. The lowest BCUT2D eigenvalue weighted by Crippen LogP contribution is -2.30. The van der Waals surface area contributed by atoms with Gasteiger partial charge in [0.15, 0.2) is 0 Å². The highest BCUT2D eigenvalue weighted by Crippen LogP contribution is 2.33. The van der Waals surface area contributed by atoms with Crippen LogP contribution in [0.1, 0.15) is 93.1 Å². The van der Waals surface area contributed by atoms with Gasteiger partial charge in [0.25, 0.3) is 0 Å². The first kappa shape index (κ1) is 20.0. The summed E-state index contributed by atoms with van der Waals surface area (Å²) in [5.74, 6) is 1.20. The number of piperidine rings is 1. The Balaban J connectivity index is 0.00000225. The number of benzene rings is 2. The Morgan fingerprint density at radius 1 is 0.680 bits per heavy atom. The highest BCUT2D eigenvalue weighted by atomic mass is 35.5. The summed E-state index contributed by atoms with van der Waals surface area (Å²) >= 11 is 0. The van der Waals surface area contributed by atoms with Crippen molar-refractivity contribution < 1.29 is 0 Å². The van der Waals surface area contributed by atoms with Crippen molar-refractivity contribution in [2.75, 3.05) is 0 Å².